The largest absolute Gasteiger partial charge is 0.465 e. The molecule has 1 atom stereocenters. The number of hydrogen-bond acceptors (Lipinski definition) is 4. The maximum atomic E-state index is 12.7. The van der Waals surface area contributed by atoms with Crippen molar-refractivity contribution in [1.82, 2.24) is 4.90 Å². The molecule has 1 aliphatic heterocycles. The molecule has 1 fully saturated rings. The highest BCUT2D eigenvalue weighted by Crippen LogP contribution is 2.35. The van der Waals surface area contributed by atoms with Gasteiger partial charge in [-0.1, -0.05) is 24.1 Å². The van der Waals surface area contributed by atoms with E-state index in [1.54, 1.807) is 11.3 Å². The zero-order valence-corrected chi connectivity index (χ0v) is 15.4. The monoisotopic (exact) mass is 347 g/mol. The van der Waals surface area contributed by atoms with Crippen LogP contribution in [0.2, 0.25) is 0 Å². The van der Waals surface area contributed by atoms with Gasteiger partial charge in [0.15, 0.2) is 0 Å². The average Bonchev–Trinajstić information content (AvgIpc) is 3.15. The van der Waals surface area contributed by atoms with E-state index in [1.165, 1.54) is 50.8 Å². The molecular formula is C20H29NO2S. The van der Waals surface area contributed by atoms with Crippen LogP contribution in [0, 0.1) is 0 Å². The molecular weight excluding hydrogens is 318 g/mol. The Hall–Kier alpha value is -1.13. The SMILES string of the molecule is O=C(OCCCN1CCCCC1)C(C1=CCCCC1)c1cccs1. The minimum absolute atomic E-state index is 0.0516. The second-order valence-corrected chi connectivity index (χ2v) is 7.88. The molecule has 1 aromatic rings. The summed E-state index contributed by atoms with van der Waals surface area (Å²) in [4.78, 5) is 16.3. The van der Waals surface area contributed by atoms with Gasteiger partial charge in [-0.15, -0.1) is 11.3 Å². The molecule has 0 spiro atoms. The number of carbonyl (C=O) groups is 1. The highest BCUT2D eigenvalue weighted by molar-refractivity contribution is 7.10. The molecule has 3 rings (SSSR count). The van der Waals surface area contributed by atoms with Crippen LogP contribution in [0.4, 0.5) is 0 Å². The molecule has 0 radical (unpaired) electrons. The molecule has 0 saturated carbocycles. The summed E-state index contributed by atoms with van der Waals surface area (Å²) in [5, 5.41) is 2.05. The molecule has 0 aromatic carbocycles. The van der Waals surface area contributed by atoms with Crippen LogP contribution in [0.1, 0.15) is 62.2 Å². The molecule has 132 valence electrons. The number of ether oxygens (including phenoxy) is 1. The van der Waals surface area contributed by atoms with E-state index < -0.39 is 0 Å². The van der Waals surface area contributed by atoms with E-state index in [9.17, 15) is 4.79 Å². The van der Waals surface area contributed by atoms with Crippen LogP contribution < -0.4 is 0 Å². The minimum Gasteiger partial charge on any atom is -0.465 e. The standard InChI is InChI=1S/C20H29NO2S/c22-20(23-15-8-14-21-12-5-2-6-13-21)19(18-11-7-16-24-18)17-9-3-1-4-10-17/h7,9,11,16,19H,1-6,8,10,12-15H2. The molecule has 4 heteroatoms. The molecule has 1 aromatic heterocycles. The lowest BCUT2D eigenvalue weighted by Crippen LogP contribution is -2.31. The summed E-state index contributed by atoms with van der Waals surface area (Å²) in [6.45, 7) is 4.02. The van der Waals surface area contributed by atoms with Crippen LogP contribution in [-0.4, -0.2) is 37.1 Å². The van der Waals surface area contributed by atoms with Crippen molar-refractivity contribution in [3.8, 4) is 0 Å². The lowest BCUT2D eigenvalue weighted by atomic mass is 9.88. The third-order valence-corrected chi connectivity index (χ3v) is 6.01. The summed E-state index contributed by atoms with van der Waals surface area (Å²) in [5.74, 6) is -0.218. The summed E-state index contributed by atoms with van der Waals surface area (Å²) < 4.78 is 5.67. The van der Waals surface area contributed by atoms with Crippen molar-refractivity contribution >= 4 is 17.3 Å². The van der Waals surface area contributed by atoms with Gasteiger partial charge in [0.2, 0.25) is 0 Å². The lowest BCUT2D eigenvalue weighted by molar-refractivity contribution is -0.144. The van der Waals surface area contributed by atoms with Crippen LogP contribution in [0.5, 0.6) is 0 Å². The van der Waals surface area contributed by atoms with Crippen molar-refractivity contribution in [3.05, 3.63) is 34.0 Å². The van der Waals surface area contributed by atoms with Gasteiger partial charge in [-0.3, -0.25) is 4.79 Å². The zero-order valence-electron chi connectivity index (χ0n) is 14.5. The summed E-state index contributed by atoms with van der Waals surface area (Å²) in [6, 6.07) is 4.10. The Kier molecular flexibility index (Phi) is 6.91. The molecule has 2 heterocycles. The summed E-state index contributed by atoms with van der Waals surface area (Å²) in [7, 11) is 0. The number of allylic oxidation sites excluding steroid dienone is 1. The molecule has 1 saturated heterocycles. The van der Waals surface area contributed by atoms with E-state index in [2.05, 4.69) is 22.4 Å². The van der Waals surface area contributed by atoms with Crippen molar-refractivity contribution in [2.24, 2.45) is 0 Å². The summed E-state index contributed by atoms with van der Waals surface area (Å²) in [6.07, 6.45) is 11.8. The highest BCUT2D eigenvalue weighted by atomic mass is 32.1. The number of thiophene rings is 1. The molecule has 1 unspecified atom stereocenters. The Morgan fingerprint density at radius 2 is 2.08 bits per heavy atom. The van der Waals surface area contributed by atoms with Gasteiger partial charge in [0, 0.05) is 11.4 Å². The zero-order chi connectivity index (χ0) is 16.6. The van der Waals surface area contributed by atoms with E-state index in [0.29, 0.717) is 6.61 Å². The molecule has 0 bridgehead atoms. The molecule has 0 amide bonds. The summed E-state index contributed by atoms with van der Waals surface area (Å²) >= 11 is 1.67. The quantitative estimate of drug-likeness (QED) is 0.405. The smallest absolute Gasteiger partial charge is 0.318 e. The fraction of sp³-hybridized carbons (Fsp3) is 0.650. The summed E-state index contributed by atoms with van der Waals surface area (Å²) in [5.41, 5.74) is 1.27. The van der Waals surface area contributed by atoms with E-state index in [0.717, 1.165) is 30.7 Å². The highest BCUT2D eigenvalue weighted by Gasteiger charge is 2.28. The van der Waals surface area contributed by atoms with Crippen LogP contribution in [0.15, 0.2) is 29.2 Å². The number of rotatable bonds is 7. The third kappa shape index (κ3) is 4.93. The fourth-order valence-corrected chi connectivity index (χ4v) is 4.61. The first-order chi connectivity index (χ1) is 11.8. The normalized spacial score (nSPS) is 20.4. The Balaban J connectivity index is 1.51. The maximum Gasteiger partial charge on any atom is 0.318 e. The number of carbonyl (C=O) groups excluding carboxylic acids is 1. The predicted octanol–water partition coefficient (Wildman–Crippen LogP) is 4.75. The number of piperidine rings is 1. The van der Waals surface area contributed by atoms with E-state index in [1.807, 2.05) is 6.07 Å². The van der Waals surface area contributed by atoms with Gasteiger partial charge in [0.25, 0.3) is 0 Å². The molecule has 3 nitrogen and oxygen atoms in total. The van der Waals surface area contributed by atoms with E-state index in [-0.39, 0.29) is 11.9 Å². The minimum atomic E-state index is -0.166. The predicted molar refractivity (Wildman–Crippen MR) is 99.5 cm³/mol. The Labute approximate surface area is 149 Å². The van der Waals surface area contributed by atoms with Crippen molar-refractivity contribution in [2.45, 2.75) is 57.3 Å². The maximum absolute atomic E-state index is 12.7. The Morgan fingerprint density at radius 1 is 1.21 bits per heavy atom. The molecule has 1 aliphatic carbocycles. The topological polar surface area (TPSA) is 29.5 Å². The van der Waals surface area contributed by atoms with Crippen molar-refractivity contribution in [1.29, 1.82) is 0 Å². The first kappa shape index (κ1) is 17.7. The Morgan fingerprint density at radius 3 is 2.79 bits per heavy atom. The van der Waals surface area contributed by atoms with E-state index in [4.69, 9.17) is 4.74 Å². The molecule has 24 heavy (non-hydrogen) atoms. The van der Waals surface area contributed by atoms with Crippen molar-refractivity contribution in [3.63, 3.8) is 0 Å². The van der Waals surface area contributed by atoms with Gasteiger partial charge >= 0.3 is 5.97 Å². The van der Waals surface area contributed by atoms with Crippen LogP contribution in [0.3, 0.4) is 0 Å². The number of likely N-dealkylation sites (tertiary alicyclic amines) is 1. The van der Waals surface area contributed by atoms with Crippen molar-refractivity contribution in [2.75, 3.05) is 26.2 Å². The second kappa shape index (κ2) is 9.38. The van der Waals surface area contributed by atoms with E-state index >= 15 is 0 Å². The number of esters is 1. The first-order valence-electron chi connectivity index (χ1n) is 9.46. The number of nitrogens with zero attached hydrogens (tertiary/aromatic N) is 1. The van der Waals surface area contributed by atoms with Gasteiger partial charge in [-0.25, -0.2) is 0 Å². The second-order valence-electron chi connectivity index (χ2n) is 6.90. The fourth-order valence-electron chi connectivity index (χ4n) is 3.76. The third-order valence-electron chi connectivity index (χ3n) is 5.07. The van der Waals surface area contributed by atoms with Crippen LogP contribution in [-0.2, 0) is 9.53 Å². The van der Waals surface area contributed by atoms with Crippen molar-refractivity contribution < 1.29 is 9.53 Å². The molecule has 2 aliphatic rings. The molecule has 0 N–H and O–H groups in total. The average molecular weight is 348 g/mol. The van der Waals surface area contributed by atoms with Crippen LogP contribution >= 0.6 is 11.3 Å². The van der Waals surface area contributed by atoms with Gasteiger partial charge in [-0.2, -0.15) is 0 Å². The Bertz CT molecular complexity index is 532. The van der Waals surface area contributed by atoms with Gasteiger partial charge in [0.1, 0.15) is 5.92 Å². The number of hydrogen-bond donors (Lipinski definition) is 0. The van der Waals surface area contributed by atoms with Crippen LogP contribution in [0.25, 0.3) is 0 Å². The first-order valence-corrected chi connectivity index (χ1v) is 10.3. The lowest BCUT2D eigenvalue weighted by Gasteiger charge is -2.26. The van der Waals surface area contributed by atoms with Gasteiger partial charge < -0.3 is 9.64 Å². The van der Waals surface area contributed by atoms with Gasteiger partial charge in [-0.05, 0) is 69.5 Å². The van der Waals surface area contributed by atoms with Gasteiger partial charge in [0.05, 0.1) is 6.61 Å².